The van der Waals surface area contributed by atoms with Crippen LogP contribution in [0.25, 0.3) is 0 Å². The van der Waals surface area contributed by atoms with E-state index in [1.807, 2.05) is 34.6 Å². The lowest BCUT2D eigenvalue weighted by molar-refractivity contribution is -0.482. The van der Waals surface area contributed by atoms with Crippen LogP contribution >= 0.6 is 0 Å². The third-order valence-corrected chi connectivity index (χ3v) is 6.67. The van der Waals surface area contributed by atoms with Crippen molar-refractivity contribution in [3.8, 4) is 0 Å². The summed E-state index contributed by atoms with van der Waals surface area (Å²) in [5, 5.41) is 0. The van der Waals surface area contributed by atoms with Crippen molar-refractivity contribution in [2.24, 2.45) is 11.3 Å². The SMILES string of the molecule is CCC1(OC(C)(C)C)OCC2(CO1)COC(CC)(OC(C)(C)CCOC(C)(C)CCC(C)C)OC2. The fourth-order valence-corrected chi connectivity index (χ4v) is 4.28. The van der Waals surface area contributed by atoms with E-state index >= 15 is 0 Å². The fourth-order valence-electron chi connectivity index (χ4n) is 4.28. The maximum atomic E-state index is 6.46. The van der Waals surface area contributed by atoms with Crippen molar-refractivity contribution in [1.29, 1.82) is 0 Å². The topological polar surface area (TPSA) is 64.6 Å². The van der Waals surface area contributed by atoms with Crippen LogP contribution in [0, 0.1) is 11.3 Å². The van der Waals surface area contributed by atoms with E-state index in [0.29, 0.717) is 51.8 Å². The highest BCUT2D eigenvalue weighted by Gasteiger charge is 2.53. The summed E-state index contributed by atoms with van der Waals surface area (Å²) in [6.07, 6.45) is 4.14. The molecule has 1 spiro atoms. The molecule has 208 valence electrons. The van der Waals surface area contributed by atoms with Crippen molar-refractivity contribution < 1.29 is 33.2 Å². The van der Waals surface area contributed by atoms with Gasteiger partial charge in [-0.3, -0.25) is 0 Å². The van der Waals surface area contributed by atoms with Gasteiger partial charge in [-0.25, -0.2) is 0 Å². The molecule has 2 saturated heterocycles. The van der Waals surface area contributed by atoms with Crippen LogP contribution in [-0.2, 0) is 33.2 Å². The Labute approximate surface area is 214 Å². The largest absolute Gasteiger partial charge is 0.375 e. The number of rotatable bonds is 12. The summed E-state index contributed by atoms with van der Waals surface area (Å²) in [4.78, 5) is 0. The quantitative estimate of drug-likeness (QED) is 0.305. The lowest BCUT2D eigenvalue weighted by Gasteiger charge is -2.52. The number of hydrogen-bond donors (Lipinski definition) is 0. The van der Waals surface area contributed by atoms with Gasteiger partial charge in [0.2, 0.25) is 0 Å². The summed E-state index contributed by atoms with van der Waals surface area (Å²) < 4.78 is 43.6. The van der Waals surface area contributed by atoms with Gasteiger partial charge in [0.15, 0.2) is 0 Å². The number of ether oxygens (including phenoxy) is 7. The highest BCUT2D eigenvalue weighted by atomic mass is 16.9. The molecule has 7 nitrogen and oxygen atoms in total. The van der Waals surface area contributed by atoms with Gasteiger partial charge in [0.05, 0.1) is 55.3 Å². The Balaban J connectivity index is 1.89. The minimum absolute atomic E-state index is 0.140. The molecule has 2 rings (SSSR count). The van der Waals surface area contributed by atoms with Crippen molar-refractivity contribution in [3.63, 3.8) is 0 Å². The molecule has 2 aliphatic rings. The molecule has 0 aromatic carbocycles. The van der Waals surface area contributed by atoms with E-state index in [9.17, 15) is 0 Å². The first kappa shape index (κ1) is 30.9. The van der Waals surface area contributed by atoms with Crippen LogP contribution in [0.15, 0.2) is 0 Å². The van der Waals surface area contributed by atoms with Crippen LogP contribution in [0.5, 0.6) is 0 Å². The van der Waals surface area contributed by atoms with Crippen molar-refractivity contribution in [1.82, 2.24) is 0 Å². The molecule has 35 heavy (non-hydrogen) atoms. The third kappa shape index (κ3) is 9.51. The lowest BCUT2D eigenvalue weighted by Crippen LogP contribution is -2.61. The van der Waals surface area contributed by atoms with Crippen LogP contribution in [0.1, 0.15) is 108 Å². The van der Waals surface area contributed by atoms with Gasteiger partial charge in [0.1, 0.15) is 0 Å². The zero-order chi connectivity index (χ0) is 26.6. The van der Waals surface area contributed by atoms with Crippen LogP contribution < -0.4 is 0 Å². The maximum Gasteiger partial charge on any atom is 0.283 e. The second-order valence-corrected chi connectivity index (χ2v) is 13.1. The van der Waals surface area contributed by atoms with Crippen molar-refractivity contribution in [3.05, 3.63) is 0 Å². The molecule has 0 aromatic heterocycles. The molecule has 0 atom stereocenters. The summed E-state index contributed by atoms with van der Waals surface area (Å²) in [7, 11) is 0. The summed E-state index contributed by atoms with van der Waals surface area (Å²) in [5.74, 6) is -1.43. The first-order valence-electron chi connectivity index (χ1n) is 13.6. The smallest absolute Gasteiger partial charge is 0.283 e. The monoisotopic (exact) mass is 502 g/mol. The molecular weight excluding hydrogens is 448 g/mol. The van der Waals surface area contributed by atoms with Gasteiger partial charge < -0.3 is 33.2 Å². The predicted molar refractivity (Wildman–Crippen MR) is 137 cm³/mol. The van der Waals surface area contributed by atoms with Gasteiger partial charge in [0.25, 0.3) is 11.9 Å². The third-order valence-electron chi connectivity index (χ3n) is 6.67. The summed E-state index contributed by atoms with van der Waals surface area (Å²) in [6, 6.07) is 0. The summed E-state index contributed by atoms with van der Waals surface area (Å²) in [6.45, 7) is 25.4. The molecule has 7 heteroatoms. The van der Waals surface area contributed by atoms with Crippen molar-refractivity contribution in [2.45, 2.75) is 137 Å². The molecule has 2 heterocycles. The zero-order valence-electron chi connectivity index (χ0n) is 24.5. The van der Waals surface area contributed by atoms with Gasteiger partial charge in [-0.15, -0.1) is 0 Å². The van der Waals surface area contributed by atoms with Crippen LogP contribution in [0.4, 0.5) is 0 Å². The standard InChI is InChI=1S/C28H54O7/c1-12-27(34-23(5,6)7)30-18-26(19-31-27)20-32-28(13-2,33-21-26)35-25(10,11)16-17-29-24(8,9)15-14-22(3)4/h22H,12-21H2,1-11H3. The Kier molecular flexibility index (Phi) is 10.3. The average molecular weight is 503 g/mol. The molecular formula is C28H54O7. The molecule has 0 N–H and O–H groups in total. The van der Waals surface area contributed by atoms with E-state index in [1.165, 1.54) is 0 Å². The highest BCUT2D eigenvalue weighted by molar-refractivity contribution is 4.88. The summed E-state index contributed by atoms with van der Waals surface area (Å²) in [5.41, 5.74) is -1.36. The molecule has 0 saturated carbocycles. The average Bonchev–Trinajstić information content (AvgIpc) is 2.75. The van der Waals surface area contributed by atoms with E-state index < -0.39 is 17.5 Å². The Morgan fingerprint density at radius 1 is 0.686 bits per heavy atom. The second kappa shape index (κ2) is 11.6. The van der Waals surface area contributed by atoms with Gasteiger partial charge >= 0.3 is 0 Å². The zero-order valence-corrected chi connectivity index (χ0v) is 24.5. The molecule has 0 aliphatic carbocycles. The molecule has 0 unspecified atom stereocenters. The molecule has 0 radical (unpaired) electrons. The van der Waals surface area contributed by atoms with Gasteiger partial charge in [-0.1, -0.05) is 27.7 Å². The van der Waals surface area contributed by atoms with Crippen LogP contribution in [-0.4, -0.2) is 61.8 Å². The Bertz CT molecular complexity index is 632. The van der Waals surface area contributed by atoms with Gasteiger partial charge in [0, 0.05) is 12.8 Å². The van der Waals surface area contributed by atoms with Gasteiger partial charge in [-0.05, 0) is 73.6 Å². The lowest BCUT2D eigenvalue weighted by atomic mass is 9.90. The Morgan fingerprint density at radius 3 is 1.54 bits per heavy atom. The second-order valence-electron chi connectivity index (χ2n) is 13.1. The fraction of sp³-hybridized carbons (Fsp3) is 1.00. The molecule has 0 bridgehead atoms. The van der Waals surface area contributed by atoms with E-state index in [0.717, 1.165) is 19.3 Å². The first-order valence-corrected chi connectivity index (χ1v) is 13.6. The predicted octanol–water partition coefficient (Wildman–Crippen LogP) is 6.43. The normalized spacial score (nSPS) is 30.9. The molecule has 0 amide bonds. The van der Waals surface area contributed by atoms with Gasteiger partial charge in [-0.2, -0.15) is 0 Å². The van der Waals surface area contributed by atoms with E-state index in [1.54, 1.807) is 0 Å². The first-order chi connectivity index (χ1) is 16.0. The molecule has 2 aliphatic heterocycles. The highest BCUT2D eigenvalue weighted by Crippen LogP contribution is 2.42. The molecule has 0 aromatic rings. The minimum Gasteiger partial charge on any atom is -0.375 e. The number of hydrogen-bond acceptors (Lipinski definition) is 7. The van der Waals surface area contributed by atoms with E-state index in [-0.39, 0.29) is 16.6 Å². The molecule has 2 fully saturated rings. The maximum absolute atomic E-state index is 6.46. The van der Waals surface area contributed by atoms with E-state index in [2.05, 4.69) is 41.5 Å². The minimum atomic E-state index is -1.08. The van der Waals surface area contributed by atoms with Crippen LogP contribution in [0.2, 0.25) is 0 Å². The van der Waals surface area contributed by atoms with Crippen molar-refractivity contribution in [2.75, 3.05) is 33.0 Å². The van der Waals surface area contributed by atoms with Crippen molar-refractivity contribution >= 4 is 0 Å². The Morgan fingerprint density at radius 2 is 1.14 bits per heavy atom. The van der Waals surface area contributed by atoms with E-state index in [4.69, 9.17) is 33.2 Å². The van der Waals surface area contributed by atoms with Crippen LogP contribution in [0.3, 0.4) is 0 Å². The summed E-state index contributed by atoms with van der Waals surface area (Å²) >= 11 is 0. The Hall–Kier alpha value is -0.280.